The van der Waals surface area contributed by atoms with Gasteiger partial charge in [0.2, 0.25) is 0 Å². The zero-order valence-corrected chi connectivity index (χ0v) is 18.2. The van der Waals surface area contributed by atoms with Crippen LogP contribution in [0.2, 0.25) is 0 Å². The molecule has 8 heteroatoms. The Morgan fingerprint density at radius 3 is 2.91 bits per heavy atom. The van der Waals surface area contributed by atoms with Gasteiger partial charge in [0.05, 0.1) is 48.3 Å². The van der Waals surface area contributed by atoms with Crippen LogP contribution in [0.15, 0.2) is 48.9 Å². The van der Waals surface area contributed by atoms with Gasteiger partial charge in [0.1, 0.15) is 17.9 Å². The molecule has 3 aromatic heterocycles. The fraction of sp³-hybridized carbons (Fsp3) is 0.292. The van der Waals surface area contributed by atoms with Crippen molar-refractivity contribution in [1.82, 2.24) is 14.8 Å². The Hall–Kier alpha value is -3.25. The van der Waals surface area contributed by atoms with Gasteiger partial charge in [-0.05, 0) is 29.8 Å². The molecule has 32 heavy (non-hydrogen) atoms. The molecule has 162 valence electrons. The van der Waals surface area contributed by atoms with E-state index >= 15 is 0 Å². The fourth-order valence-electron chi connectivity index (χ4n) is 3.88. The largest absolute Gasteiger partial charge is 0.489 e. The highest BCUT2D eigenvalue weighted by Gasteiger charge is 2.18. The second-order valence-electron chi connectivity index (χ2n) is 7.65. The minimum Gasteiger partial charge on any atom is -0.489 e. The van der Waals surface area contributed by atoms with E-state index in [2.05, 4.69) is 22.2 Å². The first-order valence-electron chi connectivity index (χ1n) is 10.6. The zero-order valence-electron chi connectivity index (χ0n) is 17.4. The Morgan fingerprint density at radius 1 is 1.22 bits per heavy atom. The van der Waals surface area contributed by atoms with E-state index in [9.17, 15) is 5.26 Å². The molecule has 5 rings (SSSR count). The minimum absolute atomic E-state index is 0.0503. The van der Waals surface area contributed by atoms with Crippen molar-refractivity contribution in [2.75, 3.05) is 19.8 Å². The highest BCUT2D eigenvalue weighted by Crippen LogP contribution is 2.39. The molecule has 0 radical (unpaired) electrons. The van der Waals surface area contributed by atoms with Crippen molar-refractivity contribution in [3.8, 4) is 33.4 Å². The summed E-state index contributed by atoms with van der Waals surface area (Å²) in [6.07, 6.45) is 7.28. The van der Waals surface area contributed by atoms with Gasteiger partial charge in [-0.2, -0.15) is 10.4 Å². The molecule has 1 aromatic carbocycles. The van der Waals surface area contributed by atoms with Crippen LogP contribution in [0.5, 0.6) is 5.75 Å². The van der Waals surface area contributed by atoms with E-state index in [1.54, 1.807) is 28.4 Å². The summed E-state index contributed by atoms with van der Waals surface area (Å²) in [5, 5.41) is 23.2. The standard InChI is InChI=1S/C24H22N4O3S/c25-13-17-11-16(1-2-22(17)31-19-4-9-30-10-5-19)20-3-6-26-21-12-23(32-24(20)21)18-14-27-28(15-18)7-8-29/h1-3,6,11-12,14-15,19,29H,4-5,7-10H2. The molecule has 0 saturated carbocycles. The Bertz CT molecular complexity index is 1280. The SMILES string of the molecule is N#Cc1cc(-c2ccnc3cc(-c4cnn(CCO)c4)sc23)ccc1OC1CCOCC1. The molecule has 1 fully saturated rings. The number of pyridine rings is 1. The molecule has 0 amide bonds. The van der Waals surface area contributed by atoms with Crippen molar-refractivity contribution in [1.29, 1.82) is 5.26 Å². The average molecular weight is 447 g/mol. The van der Waals surface area contributed by atoms with E-state index in [1.165, 1.54) is 0 Å². The number of aromatic nitrogens is 3. The summed E-state index contributed by atoms with van der Waals surface area (Å²) < 4.78 is 14.3. The molecule has 4 aromatic rings. The van der Waals surface area contributed by atoms with Crippen LogP contribution in [0.25, 0.3) is 31.8 Å². The third kappa shape index (κ3) is 4.10. The Labute approximate surface area is 189 Å². The summed E-state index contributed by atoms with van der Waals surface area (Å²) in [7, 11) is 0. The quantitative estimate of drug-likeness (QED) is 0.476. The topological polar surface area (TPSA) is 93.2 Å². The molecule has 7 nitrogen and oxygen atoms in total. The molecule has 4 heterocycles. The third-order valence-corrected chi connectivity index (χ3v) is 6.74. The van der Waals surface area contributed by atoms with Crippen molar-refractivity contribution in [3.63, 3.8) is 0 Å². The molecule has 1 aliphatic rings. The van der Waals surface area contributed by atoms with Gasteiger partial charge in [-0.25, -0.2) is 0 Å². The maximum Gasteiger partial charge on any atom is 0.137 e. The summed E-state index contributed by atoms with van der Waals surface area (Å²) in [5.74, 6) is 0.622. The summed E-state index contributed by atoms with van der Waals surface area (Å²) in [6.45, 7) is 1.90. The van der Waals surface area contributed by atoms with Crippen LogP contribution in [-0.2, 0) is 11.3 Å². The van der Waals surface area contributed by atoms with Crippen LogP contribution in [0.4, 0.5) is 0 Å². The molecule has 1 saturated heterocycles. The highest BCUT2D eigenvalue weighted by atomic mass is 32.1. The first-order chi connectivity index (χ1) is 15.7. The van der Waals surface area contributed by atoms with Gasteiger partial charge in [-0.3, -0.25) is 9.67 Å². The average Bonchev–Trinajstić information content (AvgIpc) is 3.47. The van der Waals surface area contributed by atoms with Crippen LogP contribution in [0.1, 0.15) is 18.4 Å². The normalized spacial score (nSPS) is 14.5. The van der Waals surface area contributed by atoms with E-state index in [-0.39, 0.29) is 12.7 Å². The zero-order chi connectivity index (χ0) is 21.9. The van der Waals surface area contributed by atoms with Crippen molar-refractivity contribution < 1.29 is 14.6 Å². The Morgan fingerprint density at radius 2 is 2.09 bits per heavy atom. The van der Waals surface area contributed by atoms with Crippen LogP contribution in [0, 0.1) is 11.3 Å². The molecule has 0 atom stereocenters. The van der Waals surface area contributed by atoms with Crippen molar-refractivity contribution in [2.45, 2.75) is 25.5 Å². The molecule has 0 spiro atoms. The van der Waals surface area contributed by atoms with Crippen LogP contribution in [-0.4, -0.2) is 45.8 Å². The van der Waals surface area contributed by atoms with Gasteiger partial charge in [0, 0.05) is 41.2 Å². The predicted octanol–water partition coefficient (Wildman–Crippen LogP) is 4.25. The minimum atomic E-state index is 0.0503. The monoisotopic (exact) mass is 446 g/mol. The summed E-state index contributed by atoms with van der Waals surface area (Å²) in [4.78, 5) is 5.60. The van der Waals surface area contributed by atoms with Crippen LogP contribution >= 0.6 is 11.3 Å². The van der Waals surface area contributed by atoms with Crippen LogP contribution in [0.3, 0.4) is 0 Å². The molecular weight excluding hydrogens is 424 g/mol. The number of hydrogen-bond donors (Lipinski definition) is 1. The number of ether oxygens (including phenoxy) is 2. The predicted molar refractivity (Wildman–Crippen MR) is 123 cm³/mol. The number of rotatable bonds is 6. The number of thiophene rings is 1. The maximum absolute atomic E-state index is 9.74. The number of fused-ring (bicyclic) bond motifs is 1. The van der Waals surface area contributed by atoms with Gasteiger partial charge in [0.25, 0.3) is 0 Å². The second-order valence-corrected chi connectivity index (χ2v) is 8.70. The van der Waals surface area contributed by atoms with Gasteiger partial charge < -0.3 is 14.6 Å². The van der Waals surface area contributed by atoms with Gasteiger partial charge in [-0.15, -0.1) is 11.3 Å². The Kier molecular flexibility index (Phi) is 5.86. The summed E-state index contributed by atoms with van der Waals surface area (Å²) in [6, 6.07) is 12.1. The van der Waals surface area contributed by atoms with E-state index in [4.69, 9.17) is 14.6 Å². The third-order valence-electron chi connectivity index (χ3n) is 5.53. The summed E-state index contributed by atoms with van der Waals surface area (Å²) >= 11 is 1.64. The van der Waals surface area contributed by atoms with Gasteiger partial charge in [0.15, 0.2) is 0 Å². The Balaban J connectivity index is 1.48. The second kappa shape index (κ2) is 9.09. The van der Waals surface area contributed by atoms with Gasteiger partial charge >= 0.3 is 0 Å². The van der Waals surface area contributed by atoms with E-state index in [0.29, 0.717) is 31.1 Å². The van der Waals surface area contributed by atoms with Gasteiger partial charge in [-0.1, -0.05) is 6.07 Å². The lowest BCUT2D eigenvalue weighted by molar-refractivity contribution is 0.0254. The fourth-order valence-corrected chi connectivity index (χ4v) is 5.01. The number of aliphatic hydroxyl groups is 1. The van der Waals surface area contributed by atoms with Crippen molar-refractivity contribution in [3.05, 3.63) is 54.5 Å². The molecule has 1 aliphatic heterocycles. The lowest BCUT2D eigenvalue weighted by atomic mass is 10.0. The molecule has 0 aliphatic carbocycles. The number of nitriles is 1. The molecular formula is C24H22N4O3S. The highest BCUT2D eigenvalue weighted by molar-refractivity contribution is 7.22. The van der Waals surface area contributed by atoms with E-state index in [1.807, 2.05) is 30.5 Å². The maximum atomic E-state index is 9.74. The number of hydrogen-bond acceptors (Lipinski definition) is 7. The van der Waals surface area contributed by atoms with E-state index in [0.717, 1.165) is 44.6 Å². The number of aliphatic hydroxyl groups excluding tert-OH is 1. The van der Waals surface area contributed by atoms with E-state index < -0.39 is 0 Å². The smallest absolute Gasteiger partial charge is 0.137 e. The molecule has 0 unspecified atom stereocenters. The summed E-state index contributed by atoms with van der Waals surface area (Å²) in [5.41, 5.74) is 4.41. The first-order valence-corrected chi connectivity index (χ1v) is 11.4. The van der Waals surface area contributed by atoms with Crippen LogP contribution < -0.4 is 4.74 Å². The molecule has 0 bridgehead atoms. The van der Waals surface area contributed by atoms with Crippen molar-refractivity contribution >= 4 is 21.6 Å². The molecule has 1 N–H and O–H groups in total. The van der Waals surface area contributed by atoms with Crippen molar-refractivity contribution in [2.24, 2.45) is 0 Å². The number of benzene rings is 1. The number of nitrogens with zero attached hydrogens (tertiary/aromatic N) is 4. The lowest BCUT2D eigenvalue weighted by Gasteiger charge is -2.23. The first kappa shape index (κ1) is 20.6. The lowest BCUT2D eigenvalue weighted by Crippen LogP contribution is -2.26.